The Balaban J connectivity index is 1.53. The number of anilines is 1. The number of Topliss-reactive ketones (excluding diaryl/α,β-unsaturated/α-hetero) is 1. The fourth-order valence-electron chi connectivity index (χ4n) is 4.17. The standard InChI is InChI=1S/C23H23N7O3/c1-13-11-26-17-6-4-15(12-30(13)17)18-20(22-25-8-10-33-22)28-21(24)19(27-18)16(31)5-3-14-7-9-29(2)23(14)32/h4,6,8,10-12,14H,3,5,7,9H2,1-2H3,(H2,24,28). The Morgan fingerprint density at radius 1 is 1.24 bits per heavy atom. The third kappa shape index (κ3) is 3.73. The molecule has 10 nitrogen and oxygen atoms in total. The van der Waals surface area contributed by atoms with Gasteiger partial charge in [0.05, 0.1) is 6.20 Å². The Morgan fingerprint density at radius 2 is 2.09 bits per heavy atom. The SMILES string of the molecule is Cc1cnc2ccc(-c3nc(C(=O)CCC4CCN(C)C4=O)c(N)nc3-c3ncco3)cn12. The lowest BCUT2D eigenvalue weighted by Gasteiger charge is -2.12. The van der Waals surface area contributed by atoms with Crippen LogP contribution in [0.15, 0.2) is 41.4 Å². The Morgan fingerprint density at radius 3 is 2.82 bits per heavy atom. The lowest BCUT2D eigenvalue weighted by Crippen LogP contribution is -2.23. The number of nitrogens with zero attached hydrogens (tertiary/aromatic N) is 6. The molecule has 5 rings (SSSR count). The highest BCUT2D eigenvalue weighted by Crippen LogP contribution is 2.31. The van der Waals surface area contributed by atoms with Crippen LogP contribution in [0.1, 0.15) is 35.4 Å². The van der Waals surface area contributed by atoms with Crippen LogP contribution in [0.4, 0.5) is 5.82 Å². The number of hydrogen-bond acceptors (Lipinski definition) is 8. The minimum absolute atomic E-state index is 0.00621. The van der Waals surface area contributed by atoms with Crippen molar-refractivity contribution in [3.63, 3.8) is 0 Å². The Labute approximate surface area is 189 Å². The van der Waals surface area contributed by atoms with Crippen LogP contribution in [0.5, 0.6) is 0 Å². The van der Waals surface area contributed by atoms with Gasteiger partial charge in [-0.2, -0.15) is 0 Å². The number of oxazole rings is 1. The Hall–Kier alpha value is -4.08. The topological polar surface area (TPSA) is 133 Å². The van der Waals surface area contributed by atoms with Gasteiger partial charge in [-0.15, -0.1) is 0 Å². The van der Waals surface area contributed by atoms with Gasteiger partial charge in [-0.3, -0.25) is 9.59 Å². The molecule has 0 spiro atoms. The van der Waals surface area contributed by atoms with E-state index in [1.807, 2.05) is 29.7 Å². The zero-order chi connectivity index (χ0) is 23.1. The fraction of sp³-hybridized carbons (Fsp3) is 0.304. The first-order valence-electron chi connectivity index (χ1n) is 10.7. The molecular weight excluding hydrogens is 422 g/mol. The Kier molecular flexibility index (Phi) is 5.12. The van der Waals surface area contributed by atoms with Gasteiger partial charge < -0.3 is 19.5 Å². The third-order valence-corrected chi connectivity index (χ3v) is 6.04. The van der Waals surface area contributed by atoms with E-state index in [2.05, 4.69) is 19.9 Å². The van der Waals surface area contributed by atoms with E-state index in [9.17, 15) is 9.59 Å². The zero-order valence-corrected chi connectivity index (χ0v) is 18.4. The monoisotopic (exact) mass is 445 g/mol. The van der Waals surface area contributed by atoms with Crippen LogP contribution >= 0.6 is 0 Å². The number of ketones is 1. The van der Waals surface area contributed by atoms with E-state index >= 15 is 0 Å². The van der Waals surface area contributed by atoms with Gasteiger partial charge in [0.15, 0.2) is 17.3 Å². The molecule has 10 heteroatoms. The summed E-state index contributed by atoms with van der Waals surface area (Å²) >= 11 is 0. The van der Waals surface area contributed by atoms with E-state index in [1.165, 1.54) is 12.5 Å². The molecule has 1 atom stereocenters. The van der Waals surface area contributed by atoms with Gasteiger partial charge >= 0.3 is 0 Å². The molecule has 1 amide bonds. The summed E-state index contributed by atoms with van der Waals surface area (Å²) in [6.45, 7) is 2.66. The molecule has 4 aromatic heterocycles. The number of hydrogen-bond donors (Lipinski definition) is 1. The van der Waals surface area contributed by atoms with Crippen LogP contribution < -0.4 is 5.73 Å². The van der Waals surface area contributed by atoms with Crippen LogP contribution in [-0.4, -0.2) is 54.5 Å². The number of nitrogens with two attached hydrogens (primary N) is 1. The summed E-state index contributed by atoms with van der Waals surface area (Å²) in [4.78, 5) is 44.6. The van der Waals surface area contributed by atoms with Gasteiger partial charge in [-0.05, 0) is 31.9 Å². The molecule has 0 radical (unpaired) electrons. The second kappa shape index (κ2) is 8.12. The van der Waals surface area contributed by atoms with Crippen LogP contribution in [0.2, 0.25) is 0 Å². The molecule has 1 saturated heterocycles. The van der Waals surface area contributed by atoms with E-state index in [0.717, 1.165) is 17.8 Å². The first kappa shape index (κ1) is 20.8. The predicted octanol–water partition coefficient (Wildman–Crippen LogP) is 2.78. The van der Waals surface area contributed by atoms with E-state index in [0.29, 0.717) is 29.9 Å². The van der Waals surface area contributed by atoms with Crippen molar-refractivity contribution in [2.24, 2.45) is 5.92 Å². The number of carbonyl (C=O) groups is 2. The quantitative estimate of drug-likeness (QED) is 0.448. The smallest absolute Gasteiger partial charge is 0.247 e. The van der Waals surface area contributed by atoms with Crippen molar-refractivity contribution in [3.8, 4) is 22.8 Å². The lowest BCUT2D eigenvalue weighted by molar-refractivity contribution is -0.129. The van der Waals surface area contributed by atoms with Crippen molar-refractivity contribution in [2.45, 2.75) is 26.2 Å². The maximum absolute atomic E-state index is 13.1. The minimum Gasteiger partial charge on any atom is -0.443 e. The molecule has 0 bridgehead atoms. The number of amides is 1. The molecule has 1 aliphatic heterocycles. The van der Waals surface area contributed by atoms with Gasteiger partial charge in [0.1, 0.15) is 23.3 Å². The highest BCUT2D eigenvalue weighted by atomic mass is 16.3. The molecule has 33 heavy (non-hydrogen) atoms. The number of fused-ring (bicyclic) bond motifs is 1. The highest BCUT2D eigenvalue weighted by Gasteiger charge is 2.30. The van der Waals surface area contributed by atoms with Crippen LogP contribution in [0.3, 0.4) is 0 Å². The van der Waals surface area contributed by atoms with Crippen LogP contribution in [0.25, 0.3) is 28.5 Å². The summed E-state index contributed by atoms with van der Waals surface area (Å²) in [5, 5.41) is 0. The molecular formula is C23H23N7O3. The van der Waals surface area contributed by atoms with Gasteiger partial charge in [-0.25, -0.2) is 19.9 Å². The number of aryl methyl sites for hydroxylation is 1. The van der Waals surface area contributed by atoms with Gasteiger partial charge in [0.2, 0.25) is 11.8 Å². The third-order valence-electron chi connectivity index (χ3n) is 6.04. The van der Waals surface area contributed by atoms with Crippen molar-refractivity contribution >= 4 is 23.2 Å². The number of nitrogen functional groups attached to an aromatic ring is 1. The van der Waals surface area contributed by atoms with Gasteiger partial charge in [-0.1, -0.05) is 0 Å². The average molecular weight is 445 g/mol. The van der Waals surface area contributed by atoms with Crippen molar-refractivity contribution < 1.29 is 14.0 Å². The summed E-state index contributed by atoms with van der Waals surface area (Å²) in [6, 6.07) is 3.72. The normalized spacial score (nSPS) is 16.1. The zero-order valence-electron chi connectivity index (χ0n) is 18.4. The first-order chi connectivity index (χ1) is 15.9. The summed E-state index contributed by atoms with van der Waals surface area (Å²) in [5.41, 5.74) is 9.47. The van der Waals surface area contributed by atoms with Crippen molar-refractivity contribution in [1.29, 1.82) is 0 Å². The second-order valence-corrected chi connectivity index (χ2v) is 8.24. The second-order valence-electron chi connectivity index (χ2n) is 8.24. The number of likely N-dealkylation sites (tertiary alicyclic amines) is 1. The molecule has 1 aliphatic rings. The molecule has 0 saturated carbocycles. The van der Waals surface area contributed by atoms with E-state index in [4.69, 9.17) is 10.2 Å². The molecule has 0 aromatic carbocycles. The predicted molar refractivity (Wildman–Crippen MR) is 120 cm³/mol. The largest absolute Gasteiger partial charge is 0.443 e. The van der Waals surface area contributed by atoms with Crippen LogP contribution in [0, 0.1) is 12.8 Å². The first-order valence-corrected chi connectivity index (χ1v) is 10.7. The molecule has 2 N–H and O–H groups in total. The van der Waals surface area contributed by atoms with Crippen molar-refractivity contribution in [1.82, 2.24) is 29.2 Å². The van der Waals surface area contributed by atoms with E-state index in [1.54, 1.807) is 18.1 Å². The summed E-state index contributed by atoms with van der Waals surface area (Å²) in [5.74, 6) is -0.0593. The molecule has 0 aliphatic carbocycles. The number of rotatable bonds is 6. The maximum Gasteiger partial charge on any atom is 0.247 e. The molecule has 168 valence electrons. The van der Waals surface area contributed by atoms with Crippen molar-refractivity contribution in [2.75, 3.05) is 19.3 Å². The molecule has 1 unspecified atom stereocenters. The van der Waals surface area contributed by atoms with Crippen molar-refractivity contribution in [3.05, 3.63) is 48.4 Å². The number of imidazole rings is 1. The van der Waals surface area contributed by atoms with Gasteiger partial charge in [0, 0.05) is 49.6 Å². The summed E-state index contributed by atoms with van der Waals surface area (Å²) in [6.07, 6.45) is 7.98. The molecule has 4 aromatic rings. The number of carbonyl (C=O) groups excluding carboxylic acids is 2. The molecule has 5 heterocycles. The summed E-state index contributed by atoms with van der Waals surface area (Å²) in [7, 11) is 1.78. The fourth-order valence-corrected chi connectivity index (χ4v) is 4.17. The van der Waals surface area contributed by atoms with E-state index < -0.39 is 0 Å². The van der Waals surface area contributed by atoms with Gasteiger partial charge in [0.25, 0.3) is 0 Å². The molecule has 1 fully saturated rings. The lowest BCUT2D eigenvalue weighted by atomic mass is 9.99. The van der Waals surface area contributed by atoms with E-state index in [-0.39, 0.29) is 41.4 Å². The number of aromatic nitrogens is 5. The maximum atomic E-state index is 13.1. The highest BCUT2D eigenvalue weighted by molar-refractivity contribution is 5.99. The summed E-state index contributed by atoms with van der Waals surface area (Å²) < 4.78 is 7.38. The number of pyridine rings is 1. The Bertz CT molecular complexity index is 1360. The minimum atomic E-state index is -0.248. The average Bonchev–Trinajstić information content (AvgIpc) is 3.55. The van der Waals surface area contributed by atoms with Crippen LogP contribution in [-0.2, 0) is 4.79 Å².